The minimum atomic E-state index is -4.56. The molecule has 1 unspecified atom stereocenters. The molecule has 2 aromatic heterocycles. The van der Waals surface area contributed by atoms with Gasteiger partial charge in [0.25, 0.3) is 5.56 Å². The smallest absolute Gasteiger partial charge is 0.339 e. The van der Waals surface area contributed by atoms with Gasteiger partial charge in [-0.15, -0.1) is 0 Å². The number of carbonyl (C=O) groups excluding carboxylic acids is 1. The molecule has 1 aliphatic rings. The first-order valence-corrected chi connectivity index (χ1v) is 8.86. The van der Waals surface area contributed by atoms with Gasteiger partial charge in [0, 0.05) is 44.2 Å². The fourth-order valence-electron chi connectivity index (χ4n) is 3.43. The number of rotatable bonds is 4. The third-order valence-electron chi connectivity index (χ3n) is 4.82. The average molecular weight is 382 g/mol. The highest BCUT2D eigenvalue weighted by atomic mass is 19.4. The molecule has 2 aromatic rings. The topological polar surface area (TPSA) is 60.1 Å². The molecule has 27 heavy (non-hydrogen) atoms. The number of nitrogens with zero attached hydrogens (tertiary/aromatic N) is 4. The van der Waals surface area contributed by atoms with Crippen molar-refractivity contribution in [3.63, 3.8) is 0 Å². The summed E-state index contributed by atoms with van der Waals surface area (Å²) in [6.07, 6.45) is 2.21. The molecule has 3 rings (SSSR count). The molecule has 1 saturated heterocycles. The number of alkyl halides is 3. The molecule has 1 amide bonds. The van der Waals surface area contributed by atoms with Crippen LogP contribution in [-0.4, -0.2) is 38.0 Å². The highest BCUT2D eigenvalue weighted by molar-refractivity contribution is 5.76. The number of aryl methyl sites for hydroxylation is 1. The van der Waals surface area contributed by atoms with E-state index in [2.05, 4.69) is 9.55 Å². The molecular formula is C18H21F3N4O2. The van der Waals surface area contributed by atoms with Gasteiger partial charge in [0.05, 0.1) is 11.6 Å². The molecule has 9 heteroatoms. The summed E-state index contributed by atoms with van der Waals surface area (Å²) in [7, 11) is 0. The van der Waals surface area contributed by atoms with Crippen molar-refractivity contribution < 1.29 is 18.0 Å². The molecular weight excluding hydrogens is 361 g/mol. The fraction of sp³-hybridized carbons (Fsp3) is 0.500. The van der Waals surface area contributed by atoms with Gasteiger partial charge in [0.2, 0.25) is 5.91 Å². The van der Waals surface area contributed by atoms with Crippen LogP contribution in [0.5, 0.6) is 0 Å². The Morgan fingerprint density at radius 3 is 2.81 bits per heavy atom. The number of aromatic nitrogens is 3. The number of piperidine rings is 1. The van der Waals surface area contributed by atoms with Crippen molar-refractivity contribution in [2.24, 2.45) is 0 Å². The van der Waals surface area contributed by atoms with E-state index in [0.29, 0.717) is 19.3 Å². The van der Waals surface area contributed by atoms with Gasteiger partial charge in [0.1, 0.15) is 12.4 Å². The monoisotopic (exact) mass is 382 g/mol. The third-order valence-corrected chi connectivity index (χ3v) is 4.82. The van der Waals surface area contributed by atoms with E-state index >= 15 is 0 Å². The second kappa shape index (κ2) is 7.58. The lowest BCUT2D eigenvalue weighted by Gasteiger charge is -2.34. The largest absolute Gasteiger partial charge is 0.417 e. The average Bonchev–Trinajstić information content (AvgIpc) is 3.11. The quantitative estimate of drug-likeness (QED) is 0.816. The van der Waals surface area contributed by atoms with Crippen molar-refractivity contribution in [3.05, 3.63) is 52.5 Å². The SMILES string of the molecule is CCc1nccn1C1CCCN(C(=O)Cn2cc(C(F)(F)F)ccc2=O)C1. The minimum Gasteiger partial charge on any atom is -0.339 e. The lowest BCUT2D eigenvalue weighted by Crippen LogP contribution is -2.43. The first kappa shape index (κ1) is 19.2. The Kier molecular flexibility index (Phi) is 5.38. The second-order valence-corrected chi connectivity index (χ2v) is 6.62. The molecule has 0 radical (unpaired) electrons. The second-order valence-electron chi connectivity index (χ2n) is 6.62. The van der Waals surface area contributed by atoms with E-state index in [1.807, 2.05) is 13.1 Å². The molecule has 0 aromatic carbocycles. The van der Waals surface area contributed by atoms with Crippen molar-refractivity contribution in [2.75, 3.05) is 13.1 Å². The van der Waals surface area contributed by atoms with Gasteiger partial charge in [-0.25, -0.2) is 4.98 Å². The first-order valence-electron chi connectivity index (χ1n) is 8.86. The highest BCUT2D eigenvalue weighted by Gasteiger charge is 2.31. The molecule has 0 bridgehead atoms. The van der Waals surface area contributed by atoms with Crippen LogP contribution in [0.15, 0.2) is 35.5 Å². The van der Waals surface area contributed by atoms with E-state index in [1.165, 1.54) is 0 Å². The van der Waals surface area contributed by atoms with E-state index in [9.17, 15) is 22.8 Å². The molecule has 6 nitrogen and oxygen atoms in total. The van der Waals surface area contributed by atoms with E-state index < -0.39 is 23.8 Å². The molecule has 146 valence electrons. The van der Waals surface area contributed by atoms with Crippen molar-refractivity contribution in [3.8, 4) is 0 Å². The number of hydrogen-bond acceptors (Lipinski definition) is 3. The number of carbonyl (C=O) groups is 1. The van der Waals surface area contributed by atoms with Crippen LogP contribution in [0.25, 0.3) is 0 Å². The highest BCUT2D eigenvalue weighted by Crippen LogP contribution is 2.28. The summed E-state index contributed by atoms with van der Waals surface area (Å²) in [6.45, 7) is 2.58. The van der Waals surface area contributed by atoms with Crippen LogP contribution in [0.3, 0.4) is 0 Å². The van der Waals surface area contributed by atoms with Crippen molar-refractivity contribution >= 4 is 5.91 Å². The standard InChI is InChI=1S/C18H21F3N4O2/c1-2-15-22-7-9-25(15)14-4-3-8-23(11-14)17(27)12-24-10-13(18(19,20)21)5-6-16(24)26/h5-7,9-10,14H,2-4,8,11-12H2,1H3. The van der Waals surface area contributed by atoms with Gasteiger partial charge < -0.3 is 14.0 Å². The molecule has 0 N–H and O–H groups in total. The maximum atomic E-state index is 12.9. The lowest BCUT2D eigenvalue weighted by molar-refractivity contribution is -0.139. The van der Waals surface area contributed by atoms with Gasteiger partial charge in [-0.1, -0.05) is 6.92 Å². The Bertz CT molecular complexity index is 872. The van der Waals surface area contributed by atoms with Gasteiger partial charge in [0.15, 0.2) is 0 Å². The maximum absolute atomic E-state index is 12.9. The zero-order valence-corrected chi connectivity index (χ0v) is 14.9. The van der Waals surface area contributed by atoms with Crippen molar-refractivity contribution in [2.45, 2.75) is 44.9 Å². The molecule has 0 spiro atoms. The maximum Gasteiger partial charge on any atom is 0.417 e. The Morgan fingerprint density at radius 2 is 2.11 bits per heavy atom. The van der Waals surface area contributed by atoms with Crippen LogP contribution in [0, 0.1) is 0 Å². The number of halogens is 3. The van der Waals surface area contributed by atoms with E-state index in [0.717, 1.165) is 41.8 Å². The zero-order chi connectivity index (χ0) is 19.6. The van der Waals surface area contributed by atoms with Crippen LogP contribution >= 0.6 is 0 Å². The molecule has 0 aliphatic carbocycles. The molecule has 0 saturated carbocycles. The molecule has 3 heterocycles. The summed E-state index contributed by atoms with van der Waals surface area (Å²) in [4.78, 5) is 30.4. The summed E-state index contributed by atoms with van der Waals surface area (Å²) in [5.74, 6) is 0.572. The number of likely N-dealkylation sites (tertiary alicyclic amines) is 1. The predicted octanol–water partition coefficient (Wildman–Crippen LogP) is 2.49. The van der Waals surface area contributed by atoms with Crippen molar-refractivity contribution in [1.29, 1.82) is 0 Å². The van der Waals surface area contributed by atoms with E-state index in [1.54, 1.807) is 11.1 Å². The third kappa shape index (κ3) is 4.23. The zero-order valence-electron chi connectivity index (χ0n) is 14.9. The van der Waals surface area contributed by atoms with Gasteiger partial charge in [-0.2, -0.15) is 13.2 Å². The predicted molar refractivity (Wildman–Crippen MR) is 92.2 cm³/mol. The number of amides is 1. The Morgan fingerprint density at radius 1 is 1.33 bits per heavy atom. The minimum absolute atomic E-state index is 0.0818. The van der Waals surface area contributed by atoms with Crippen LogP contribution in [-0.2, 0) is 23.9 Å². The molecule has 1 fully saturated rings. The first-order chi connectivity index (χ1) is 12.8. The van der Waals surface area contributed by atoms with Gasteiger partial charge >= 0.3 is 6.18 Å². The summed E-state index contributed by atoms with van der Waals surface area (Å²) >= 11 is 0. The Balaban J connectivity index is 1.74. The van der Waals surface area contributed by atoms with Crippen LogP contribution in [0.2, 0.25) is 0 Å². The number of hydrogen-bond donors (Lipinski definition) is 0. The Labute approximate surface area is 154 Å². The van der Waals surface area contributed by atoms with Crippen LogP contribution < -0.4 is 5.56 Å². The van der Waals surface area contributed by atoms with Crippen LogP contribution in [0.1, 0.15) is 37.2 Å². The summed E-state index contributed by atoms with van der Waals surface area (Å²) in [5.41, 5.74) is -1.58. The molecule has 1 atom stereocenters. The summed E-state index contributed by atoms with van der Waals surface area (Å²) in [5, 5.41) is 0. The molecule has 1 aliphatic heterocycles. The summed E-state index contributed by atoms with van der Waals surface area (Å²) < 4.78 is 41.4. The van der Waals surface area contributed by atoms with Gasteiger partial charge in [-0.05, 0) is 18.9 Å². The lowest BCUT2D eigenvalue weighted by atomic mass is 10.1. The Hall–Kier alpha value is -2.58. The number of imidazole rings is 1. The fourth-order valence-corrected chi connectivity index (χ4v) is 3.43. The number of pyridine rings is 1. The summed E-state index contributed by atoms with van der Waals surface area (Å²) in [6, 6.07) is 1.65. The van der Waals surface area contributed by atoms with Crippen LogP contribution in [0.4, 0.5) is 13.2 Å². The normalized spacial score (nSPS) is 17.9. The van der Waals surface area contributed by atoms with Gasteiger partial charge in [-0.3, -0.25) is 9.59 Å². The van der Waals surface area contributed by atoms with E-state index in [4.69, 9.17) is 0 Å². The van der Waals surface area contributed by atoms with E-state index in [-0.39, 0.29) is 11.9 Å². The van der Waals surface area contributed by atoms with Crippen molar-refractivity contribution in [1.82, 2.24) is 19.0 Å².